The van der Waals surface area contributed by atoms with E-state index in [0.717, 1.165) is 33.4 Å². The summed E-state index contributed by atoms with van der Waals surface area (Å²) >= 11 is 0. The summed E-state index contributed by atoms with van der Waals surface area (Å²) in [5.74, 6) is 1.62. The van der Waals surface area contributed by atoms with Gasteiger partial charge in [-0.1, -0.05) is 49.4 Å². The summed E-state index contributed by atoms with van der Waals surface area (Å²) in [5, 5.41) is 1.76. The molecule has 0 fully saturated rings. The van der Waals surface area contributed by atoms with E-state index in [9.17, 15) is 4.79 Å². The van der Waals surface area contributed by atoms with Crippen LogP contribution in [0.15, 0.2) is 67.3 Å². The van der Waals surface area contributed by atoms with Gasteiger partial charge in [-0.15, -0.1) is 0 Å². The number of esters is 1. The van der Waals surface area contributed by atoms with Gasteiger partial charge in [0, 0.05) is 16.8 Å². The Morgan fingerprint density at radius 2 is 1.84 bits per heavy atom. The Labute approximate surface area is 147 Å². The first-order valence-corrected chi connectivity index (χ1v) is 8.25. The van der Waals surface area contributed by atoms with Crippen molar-refractivity contribution in [3.8, 4) is 17.2 Å². The second-order valence-corrected chi connectivity index (χ2v) is 5.81. The van der Waals surface area contributed by atoms with E-state index in [1.807, 2.05) is 68.4 Å². The third-order valence-electron chi connectivity index (χ3n) is 4.00. The van der Waals surface area contributed by atoms with E-state index in [0.29, 0.717) is 12.2 Å². The number of carbonyl (C=O) groups excluding carboxylic acids is 1. The number of hydrogen-bond donors (Lipinski definition) is 0. The summed E-state index contributed by atoms with van der Waals surface area (Å²) < 4.78 is 11.6. The van der Waals surface area contributed by atoms with Crippen molar-refractivity contribution in [2.45, 2.75) is 20.3 Å². The first-order valence-electron chi connectivity index (χ1n) is 8.25. The highest BCUT2D eigenvalue weighted by molar-refractivity contribution is 5.97. The molecule has 3 nitrogen and oxygen atoms in total. The lowest BCUT2D eigenvalue weighted by molar-refractivity contribution is -0.128. The summed E-state index contributed by atoms with van der Waals surface area (Å²) in [4.78, 5) is 11.8. The Morgan fingerprint density at radius 3 is 2.52 bits per heavy atom. The highest BCUT2D eigenvalue weighted by atomic mass is 16.5. The number of rotatable bonds is 5. The number of hydrogen-bond acceptors (Lipinski definition) is 3. The Morgan fingerprint density at radius 1 is 1.08 bits per heavy atom. The first-order chi connectivity index (χ1) is 12.1. The van der Waals surface area contributed by atoms with Crippen LogP contribution in [-0.2, 0) is 11.2 Å². The predicted molar refractivity (Wildman–Crippen MR) is 100 cm³/mol. The third-order valence-corrected chi connectivity index (χ3v) is 4.00. The molecule has 0 atom stereocenters. The summed E-state index contributed by atoms with van der Waals surface area (Å²) in [7, 11) is 0. The number of ether oxygens (including phenoxy) is 2. The first kappa shape index (κ1) is 16.8. The number of fused-ring (bicyclic) bond motifs is 1. The van der Waals surface area contributed by atoms with Crippen molar-refractivity contribution >= 4 is 16.7 Å². The van der Waals surface area contributed by atoms with Crippen molar-refractivity contribution in [1.82, 2.24) is 0 Å². The Balaban J connectivity index is 2.20. The van der Waals surface area contributed by atoms with Crippen molar-refractivity contribution in [2.75, 3.05) is 0 Å². The maximum absolute atomic E-state index is 11.8. The smallest absolute Gasteiger partial charge is 0.335 e. The van der Waals surface area contributed by atoms with Gasteiger partial charge in [0.1, 0.15) is 17.2 Å². The van der Waals surface area contributed by atoms with Crippen molar-refractivity contribution < 1.29 is 14.3 Å². The Kier molecular flexibility index (Phi) is 4.85. The zero-order chi connectivity index (χ0) is 17.8. The molecule has 3 heteroatoms. The molecule has 126 valence electrons. The van der Waals surface area contributed by atoms with Crippen molar-refractivity contribution in [3.05, 3.63) is 78.4 Å². The van der Waals surface area contributed by atoms with Crippen LogP contribution in [0.1, 0.15) is 18.1 Å². The molecule has 0 amide bonds. The van der Waals surface area contributed by atoms with Crippen LogP contribution in [0.2, 0.25) is 0 Å². The van der Waals surface area contributed by atoms with Crippen LogP contribution in [-0.4, -0.2) is 5.97 Å². The van der Waals surface area contributed by atoms with Gasteiger partial charge in [-0.2, -0.15) is 0 Å². The van der Waals surface area contributed by atoms with E-state index in [4.69, 9.17) is 9.47 Å². The molecule has 25 heavy (non-hydrogen) atoms. The fourth-order valence-corrected chi connectivity index (χ4v) is 2.76. The molecule has 0 saturated carbocycles. The van der Waals surface area contributed by atoms with Crippen LogP contribution < -0.4 is 9.47 Å². The van der Waals surface area contributed by atoms with E-state index in [1.54, 1.807) is 0 Å². The standard InChI is InChI=1S/C22H20O3/c1-4-16-14-20(24-17-9-7-6-8-10-17)19-13-15(3)11-12-18(19)22(16)25-21(23)5-2/h5-14H,2,4H2,1,3H3. The van der Waals surface area contributed by atoms with Gasteiger partial charge in [0.25, 0.3) is 0 Å². The SMILES string of the molecule is C=CC(=O)Oc1c(CC)cc(Oc2ccccc2)c2cc(C)ccc12. The lowest BCUT2D eigenvalue weighted by Crippen LogP contribution is -2.06. The number of carbonyl (C=O) groups is 1. The van der Waals surface area contributed by atoms with Gasteiger partial charge in [0.15, 0.2) is 0 Å². The van der Waals surface area contributed by atoms with Gasteiger partial charge in [0.05, 0.1) is 0 Å². The summed E-state index contributed by atoms with van der Waals surface area (Å²) in [6.07, 6.45) is 1.89. The van der Waals surface area contributed by atoms with E-state index < -0.39 is 5.97 Å². The molecule has 0 saturated heterocycles. The van der Waals surface area contributed by atoms with Gasteiger partial charge in [-0.05, 0) is 43.2 Å². The Bertz CT molecular complexity index is 927. The van der Waals surface area contributed by atoms with Crippen LogP contribution in [0.4, 0.5) is 0 Å². The molecule has 0 N–H and O–H groups in total. The van der Waals surface area contributed by atoms with Gasteiger partial charge in [-0.3, -0.25) is 0 Å². The summed E-state index contributed by atoms with van der Waals surface area (Å²) in [6.45, 7) is 7.52. The molecule has 3 aromatic rings. The molecule has 0 bridgehead atoms. The largest absolute Gasteiger partial charge is 0.457 e. The molecule has 0 unspecified atom stereocenters. The highest BCUT2D eigenvalue weighted by Crippen LogP contribution is 2.39. The van der Waals surface area contributed by atoms with Gasteiger partial charge < -0.3 is 9.47 Å². The maximum Gasteiger partial charge on any atom is 0.335 e. The fraction of sp³-hybridized carbons (Fsp3) is 0.136. The number of aryl methyl sites for hydroxylation is 2. The van der Waals surface area contributed by atoms with Gasteiger partial charge in [-0.25, -0.2) is 4.79 Å². The van der Waals surface area contributed by atoms with Crippen LogP contribution in [0, 0.1) is 6.92 Å². The average molecular weight is 332 g/mol. The average Bonchev–Trinajstić information content (AvgIpc) is 2.64. The second-order valence-electron chi connectivity index (χ2n) is 5.81. The summed E-state index contributed by atoms with van der Waals surface area (Å²) in [5.41, 5.74) is 2.02. The normalized spacial score (nSPS) is 10.5. The van der Waals surface area contributed by atoms with Gasteiger partial charge in [0.2, 0.25) is 0 Å². The molecule has 0 aliphatic carbocycles. The minimum atomic E-state index is -0.465. The minimum absolute atomic E-state index is 0.465. The van der Waals surface area contributed by atoms with Crippen molar-refractivity contribution in [2.24, 2.45) is 0 Å². The minimum Gasteiger partial charge on any atom is -0.457 e. The molecule has 0 spiro atoms. The second kappa shape index (κ2) is 7.22. The number of benzene rings is 3. The van der Waals surface area contributed by atoms with E-state index in [1.165, 1.54) is 6.08 Å². The third kappa shape index (κ3) is 3.56. The maximum atomic E-state index is 11.8. The quantitative estimate of drug-likeness (QED) is 0.347. The van der Waals surface area contributed by atoms with E-state index in [2.05, 4.69) is 6.58 Å². The highest BCUT2D eigenvalue weighted by Gasteiger charge is 2.16. The number of para-hydroxylation sites is 1. The molecule has 0 aliphatic rings. The molecule has 0 heterocycles. The van der Waals surface area contributed by atoms with Crippen molar-refractivity contribution in [3.63, 3.8) is 0 Å². The van der Waals surface area contributed by atoms with E-state index in [-0.39, 0.29) is 0 Å². The molecule has 0 aliphatic heterocycles. The lowest BCUT2D eigenvalue weighted by Gasteiger charge is -2.16. The topological polar surface area (TPSA) is 35.5 Å². The lowest BCUT2D eigenvalue weighted by atomic mass is 10.0. The summed E-state index contributed by atoms with van der Waals surface area (Å²) in [6, 6.07) is 17.6. The predicted octanol–water partition coefficient (Wildman–Crippen LogP) is 5.59. The van der Waals surface area contributed by atoms with Crippen LogP contribution in [0.5, 0.6) is 17.2 Å². The van der Waals surface area contributed by atoms with Crippen molar-refractivity contribution in [1.29, 1.82) is 0 Å². The zero-order valence-electron chi connectivity index (χ0n) is 14.4. The Hall–Kier alpha value is -3.07. The zero-order valence-corrected chi connectivity index (χ0v) is 14.4. The van der Waals surface area contributed by atoms with Crippen LogP contribution >= 0.6 is 0 Å². The molecule has 3 rings (SSSR count). The van der Waals surface area contributed by atoms with Crippen LogP contribution in [0.25, 0.3) is 10.8 Å². The monoisotopic (exact) mass is 332 g/mol. The molecular formula is C22H20O3. The molecule has 0 aromatic heterocycles. The molecule has 3 aromatic carbocycles. The fourth-order valence-electron chi connectivity index (χ4n) is 2.76. The van der Waals surface area contributed by atoms with Crippen LogP contribution in [0.3, 0.4) is 0 Å². The molecule has 0 radical (unpaired) electrons. The molecular weight excluding hydrogens is 312 g/mol. The van der Waals surface area contributed by atoms with Gasteiger partial charge >= 0.3 is 5.97 Å². The van der Waals surface area contributed by atoms with E-state index >= 15 is 0 Å².